The molecule has 0 spiro atoms. The Morgan fingerprint density at radius 3 is 2.44 bits per heavy atom. The van der Waals surface area contributed by atoms with Crippen molar-refractivity contribution in [2.75, 3.05) is 26.2 Å². The summed E-state index contributed by atoms with van der Waals surface area (Å²) in [6.45, 7) is 10.7. The zero-order chi connectivity index (χ0) is 12.4. The highest BCUT2D eigenvalue weighted by atomic mass is 16.4. The van der Waals surface area contributed by atoms with E-state index in [9.17, 15) is 4.79 Å². The first-order valence-corrected chi connectivity index (χ1v) is 6.27. The Bertz CT molecular complexity index is 182. The van der Waals surface area contributed by atoms with Gasteiger partial charge in [-0.05, 0) is 39.4 Å². The highest BCUT2D eigenvalue weighted by molar-refractivity contribution is 5.66. The first-order chi connectivity index (χ1) is 7.60. The smallest absolute Gasteiger partial charge is 0.303 e. The lowest BCUT2D eigenvalue weighted by Crippen LogP contribution is -2.39. The number of carboxylic acids is 1. The van der Waals surface area contributed by atoms with Gasteiger partial charge in [0.2, 0.25) is 0 Å². The van der Waals surface area contributed by atoms with Crippen molar-refractivity contribution in [2.45, 2.75) is 46.1 Å². The molecule has 0 saturated heterocycles. The molecule has 0 aromatic carbocycles. The molecule has 16 heavy (non-hydrogen) atoms. The quantitative estimate of drug-likeness (QED) is 0.559. The minimum Gasteiger partial charge on any atom is -0.481 e. The Morgan fingerprint density at radius 2 is 1.94 bits per heavy atom. The first-order valence-electron chi connectivity index (χ1n) is 6.27. The van der Waals surface area contributed by atoms with Crippen molar-refractivity contribution in [1.29, 1.82) is 0 Å². The normalized spacial score (nSPS) is 13.0. The number of carboxylic acid groups (broad SMARTS) is 1. The maximum absolute atomic E-state index is 10.3. The van der Waals surface area contributed by atoms with Crippen LogP contribution in [0.3, 0.4) is 0 Å². The molecule has 2 N–H and O–H groups in total. The molecule has 4 nitrogen and oxygen atoms in total. The zero-order valence-electron chi connectivity index (χ0n) is 10.8. The lowest BCUT2D eigenvalue weighted by Gasteiger charge is -2.23. The molecule has 0 aromatic rings. The summed E-state index contributed by atoms with van der Waals surface area (Å²) in [6.07, 6.45) is 1.99. The van der Waals surface area contributed by atoms with E-state index in [1.165, 1.54) is 0 Å². The summed E-state index contributed by atoms with van der Waals surface area (Å²) in [6, 6.07) is 0.477. The Kier molecular flexibility index (Phi) is 9.24. The summed E-state index contributed by atoms with van der Waals surface area (Å²) in [5.41, 5.74) is 0. The Labute approximate surface area is 99.0 Å². The molecule has 1 atom stereocenters. The predicted octanol–water partition coefficient (Wildman–Crippen LogP) is 1.56. The van der Waals surface area contributed by atoms with Crippen molar-refractivity contribution in [3.8, 4) is 0 Å². The molecule has 96 valence electrons. The van der Waals surface area contributed by atoms with E-state index in [1.54, 1.807) is 0 Å². The van der Waals surface area contributed by atoms with Gasteiger partial charge >= 0.3 is 5.97 Å². The molecule has 0 rings (SSSR count). The summed E-state index contributed by atoms with van der Waals surface area (Å²) in [5, 5.41) is 11.9. The number of rotatable bonds is 10. The number of carbonyl (C=O) groups is 1. The molecular weight excluding hydrogens is 204 g/mol. The van der Waals surface area contributed by atoms with Gasteiger partial charge in [-0.3, -0.25) is 4.79 Å². The van der Waals surface area contributed by atoms with Crippen LogP contribution in [0.15, 0.2) is 0 Å². The van der Waals surface area contributed by atoms with E-state index in [4.69, 9.17) is 5.11 Å². The zero-order valence-corrected chi connectivity index (χ0v) is 10.8. The molecule has 0 amide bonds. The van der Waals surface area contributed by atoms with Crippen LogP contribution in [0, 0.1) is 0 Å². The molecule has 0 saturated carbocycles. The number of nitrogens with zero attached hydrogens (tertiary/aromatic N) is 1. The summed E-state index contributed by atoms with van der Waals surface area (Å²) in [7, 11) is 0. The molecular formula is C12H26N2O2. The summed E-state index contributed by atoms with van der Waals surface area (Å²) in [5.74, 6) is -0.698. The van der Waals surface area contributed by atoms with Crippen LogP contribution in [-0.2, 0) is 4.79 Å². The van der Waals surface area contributed by atoms with Gasteiger partial charge < -0.3 is 15.3 Å². The molecule has 0 heterocycles. The standard InChI is InChI=1S/C12H26N2O2/c1-4-14(5-2)10-11(3)13-9-7-6-8-12(15)16/h11,13H,4-10H2,1-3H3,(H,15,16). The average molecular weight is 230 g/mol. The number of nitrogens with one attached hydrogen (secondary N) is 1. The van der Waals surface area contributed by atoms with Crippen LogP contribution in [0.25, 0.3) is 0 Å². The fourth-order valence-corrected chi connectivity index (χ4v) is 1.68. The second-order valence-electron chi connectivity index (χ2n) is 4.19. The largest absolute Gasteiger partial charge is 0.481 e. The van der Waals surface area contributed by atoms with Crippen LogP contribution in [0.4, 0.5) is 0 Å². The van der Waals surface area contributed by atoms with Crippen LogP contribution >= 0.6 is 0 Å². The van der Waals surface area contributed by atoms with Gasteiger partial charge in [0.05, 0.1) is 0 Å². The van der Waals surface area contributed by atoms with Gasteiger partial charge in [-0.25, -0.2) is 0 Å². The molecule has 0 aliphatic heterocycles. The van der Waals surface area contributed by atoms with Gasteiger partial charge in [0, 0.05) is 19.0 Å². The highest BCUT2D eigenvalue weighted by Crippen LogP contribution is 1.96. The average Bonchev–Trinajstić information content (AvgIpc) is 2.25. The van der Waals surface area contributed by atoms with Crippen molar-refractivity contribution in [2.24, 2.45) is 0 Å². The molecule has 0 aliphatic rings. The van der Waals surface area contributed by atoms with E-state index in [2.05, 4.69) is 31.0 Å². The lowest BCUT2D eigenvalue weighted by molar-refractivity contribution is -0.137. The van der Waals surface area contributed by atoms with Crippen molar-refractivity contribution < 1.29 is 9.90 Å². The minimum atomic E-state index is -0.698. The molecule has 0 aromatic heterocycles. The number of aliphatic carboxylic acids is 1. The highest BCUT2D eigenvalue weighted by Gasteiger charge is 2.05. The van der Waals surface area contributed by atoms with Crippen LogP contribution in [0.1, 0.15) is 40.0 Å². The fraction of sp³-hybridized carbons (Fsp3) is 0.917. The molecule has 4 heteroatoms. The number of hydrogen-bond donors (Lipinski definition) is 2. The van der Waals surface area contributed by atoms with Crippen LogP contribution in [0.5, 0.6) is 0 Å². The van der Waals surface area contributed by atoms with Crippen LogP contribution in [0.2, 0.25) is 0 Å². The summed E-state index contributed by atoms with van der Waals surface area (Å²) in [4.78, 5) is 12.7. The SMILES string of the molecule is CCN(CC)CC(C)NCCCCC(=O)O. The van der Waals surface area contributed by atoms with E-state index in [0.29, 0.717) is 6.04 Å². The van der Waals surface area contributed by atoms with Gasteiger partial charge in [-0.15, -0.1) is 0 Å². The van der Waals surface area contributed by atoms with Crippen molar-refractivity contribution >= 4 is 5.97 Å². The van der Waals surface area contributed by atoms with E-state index in [-0.39, 0.29) is 6.42 Å². The Hall–Kier alpha value is -0.610. The van der Waals surface area contributed by atoms with Crippen LogP contribution < -0.4 is 5.32 Å². The summed E-state index contributed by atoms with van der Waals surface area (Å²) >= 11 is 0. The lowest BCUT2D eigenvalue weighted by atomic mass is 10.2. The maximum Gasteiger partial charge on any atom is 0.303 e. The van der Waals surface area contributed by atoms with E-state index >= 15 is 0 Å². The Morgan fingerprint density at radius 1 is 1.31 bits per heavy atom. The van der Waals surface area contributed by atoms with E-state index < -0.39 is 5.97 Å². The van der Waals surface area contributed by atoms with Crippen molar-refractivity contribution in [1.82, 2.24) is 10.2 Å². The topological polar surface area (TPSA) is 52.6 Å². The second-order valence-corrected chi connectivity index (χ2v) is 4.19. The minimum absolute atomic E-state index is 0.284. The molecule has 0 bridgehead atoms. The second kappa shape index (κ2) is 9.60. The first kappa shape index (κ1) is 15.4. The van der Waals surface area contributed by atoms with Crippen molar-refractivity contribution in [3.05, 3.63) is 0 Å². The number of likely N-dealkylation sites (N-methyl/N-ethyl adjacent to an activating group) is 1. The van der Waals surface area contributed by atoms with E-state index in [0.717, 1.165) is 39.0 Å². The van der Waals surface area contributed by atoms with E-state index in [1.807, 2.05) is 0 Å². The maximum atomic E-state index is 10.3. The van der Waals surface area contributed by atoms with Crippen molar-refractivity contribution in [3.63, 3.8) is 0 Å². The molecule has 0 aliphatic carbocycles. The fourth-order valence-electron chi connectivity index (χ4n) is 1.68. The molecule has 0 radical (unpaired) electrons. The Balaban J connectivity index is 3.42. The number of unbranched alkanes of at least 4 members (excludes halogenated alkanes) is 1. The predicted molar refractivity (Wildman–Crippen MR) is 66.7 cm³/mol. The van der Waals surface area contributed by atoms with Gasteiger partial charge in [0.1, 0.15) is 0 Å². The van der Waals surface area contributed by atoms with Gasteiger partial charge in [0.25, 0.3) is 0 Å². The third-order valence-electron chi connectivity index (χ3n) is 2.74. The van der Waals surface area contributed by atoms with Gasteiger partial charge in [0.15, 0.2) is 0 Å². The third-order valence-corrected chi connectivity index (χ3v) is 2.74. The monoisotopic (exact) mass is 230 g/mol. The third kappa shape index (κ3) is 8.68. The summed E-state index contributed by atoms with van der Waals surface area (Å²) < 4.78 is 0. The molecule has 0 fully saturated rings. The van der Waals surface area contributed by atoms with Gasteiger partial charge in [-0.1, -0.05) is 13.8 Å². The van der Waals surface area contributed by atoms with Crippen LogP contribution in [-0.4, -0.2) is 48.2 Å². The van der Waals surface area contributed by atoms with Gasteiger partial charge in [-0.2, -0.15) is 0 Å². The molecule has 1 unspecified atom stereocenters. The number of hydrogen-bond acceptors (Lipinski definition) is 3.